The standard InChI is InChI=1S/C16H17NO6S.CH4/c18-15(16(19)17-20)10-11-24(21,22)14-8-6-13(7-9-14)23-12-4-2-1-3-5-12;/h1-9,15,18,20H,10-11H2,(H,17,19);1H4. The van der Waals surface area contributed by atoms with E-state index in [4.69, 9.17) is 9.94 Å². The van der Waals surface area contributed by atoms with Crippen LogP contribution >= 0.6 is 0 Å². The molecular formula is C17H21NO6S. The number of carbonyl (C=O) groups excluding carboxylic acids is 1. The second-order valence-corrected chi connectivity index (χ2v) is 7.10. The molecule has 0 spiro atoms. The fourth-order valence-corrected chi connectivity index (χ4v) is 3.25. The highest BCUT2D eigenvalue weighted by Gasteiger charge is 2.20. The van der Waals surface area contributed by atoms with E-state index in [0.29, 0.717) is 11.5 Å². The van der Waals surface area contributed by atoms with Crippen molar-refractivity contribution in [3.05, 3.63) is 54.6 Å². The number of aliphatic hydroxyl groups is 1. The number of amides is 1. The number of ether oxygens (including phenoxy) is 1. The Morgan fingerprint density at radius 2 is 1.60 bits per heavy atom. The average molecular weight is 367 g/mol. The number of rotatable bonds is 7. The number of nitrogens with one attached hydrogen (secondary N) is 1. The van der Waals surface area contributed by atoms with Gasteiger partial charge in [-0.2, -0.15) is 0 Å². The molecule has 1 atom stereocenters. The molecule has 0 aromatic heterocycles. The van der Waals surface area contributed by atoms with Crippen LogP contribution in [0, 0.1) is 0 Å². The Morgan fingerprint density at radius 3 is 2.16 bits per heavy atom. The number of carbonyl (C=O) groups is 1. The summed E-state index contributed by atoms with van der Waals surface area (Å²) in [5.74, 6) is -0.358. The van der Waals surface area contributed by atoms with Gasteiger partial charge < -0.3 is 9.84 Å². The van der Waals surface area contributed by atoms with E-state index in [9.17, 15) is 18.3 Å². The number of para-hydroxylation sites is 1. The van der Waals surface area contributed by atoms with Gasteiger partial charge in [-0.15, -0.1) is 0 Å². The molecule has 2 rings (SSSR count). The van der Waals surface area contributed by atoms with Gasteiger partial charge in [0.25, 0.3) is 5.91 Å². The van der Waals surface area contributed by atoms with Crippen LogP contribution in [0.4, 0.5) is 0 Å². The van der Waals surface area contributed by atoms with Crippen molar-refractivity contribution in [1.82, 2.24) is 5.48 Å². The van der Waals surface area contributed by atoms with Crippen LogP contribution in [0.3, 0.4) is 0 Å². The number of hydroxylamine groups is 1. The highest BCUT2D eigenvalue weighted by atomic mass is 32.2. The molecule has 25 heavy (non-hydrogen) atoms. The van der Waals surface area contributed by atoms with Crippen molar-refractivity contribution in [3.8, 4) is 11.5 Å². The van der Waals surface area contributed by atoms with Crippen LogP contribution in [0.15, 0.2) is 59.5 Å². The third-order valence-corrected chi connectivity index (χ3v) is 5.00. The fraction of sp³-hybridized carbons (Fsp3) is 0.235. The summed E-state index contributed by atoms with van der Waals surface area (Å²) in [6.07, 6.45) is -1.91. The molecule has 136 valence electrons. The molecule has 1 amide bonds. The smallest absolute Gasteiger partial charge is 0.272 e. The van der Waals surface area contributed by atoms with E-state index in [2.05, 4.69) is 0 Å². The predicted molar refractivity (Wildman–Crippen MR) is 92.3 cm³/mol. The molecule has 3 N–H and O–H groups in total. The maximum absolute atomic E-state index is 12.2. The SMILES string of the molecule is C.O=C(NO)C(O)CCS(=O)(=O)c1ccc(Oc2ccccc2)cc1. The van der Waals surface area contributed by atoms with E-state index in [-0.39, 0.29) is 18.7 Å². The minimum Gasteiger partial charge on any atom is -0.457 e. The first-order valence-electron chi connectivity index (χ1n) is 7.10. The van der Waals surface area contributed by atoms with E-state index < -0.39 is 27.6 Å². The topological polar surface area (TPSA) is 113 Å². The molecule has 8 heteroatoms. The van der Waals surface area contributed by atoms with Crippen molar-refractivity contribution in [2.45, 2.75) is 24.8 Å². The Balaban J connectivity index is 0.00000312. The molecular weight excluding hydrogens is 346 g/mol. The Bertz CT molecular complexity index is 775. The van der Waals surface area contributed by atoms with Crippen LogP contribution in [0.1, 0.15) is 13.8 Å². The Labute approximate surface area is 146 Å². The second-order valence-electron chi connectivity index (χ2n) is 4.99. The van der Waals surface area contributed by atoms with Crippen molar-refractivity contribution in [1.29, 1.82) is 0 Å². The van der Waals surface area contributed by atoms with Gasteiger partial charge in [-0.1, -0.05) is 25.6 Å². The second kappa shape index (κ2) is 9.16. The van der Waals surface area contributed by atoms with E-state index in [0.717, 1.165) is 0 Å². The molecule has 2 aromatic carbocycles. The zero-order valence-corrected chi connectivity index (χ0v) is 13.4. The van der Waals surface area contributed by atoms with Crippen LogP contribution in [-0.4, -0.2) is 36.5 Å². The zero-order valence-electron chi connectivity index (χ0n) is 12.6. The lowest BCUT2D eigenvalue weighted by atomic mass is 10.3. The van der Waals surface area contributed by atoms with E-state index in [1.807, 2.05) is 18.2 Å². The average Bonchev–Trinajstić information content (AvgIpc) is 2.60. The van der Waals surface area contributed by atoms with Gasteiger partial charge in [-0.25, -0.2) is 13.9 Å². The summed E-state index contributed by atoms with van der Waals surface area (Å²) in [5.41, 5.74) is 1.27. The van der Waals surface area contributed by atoms with E-state index >= 15 is 0 Å². The Kier molecular flexibility index (Phi) is 7.56. The lowest BCUT2D eigenvalue weighted by molar-refractivity contribution is -0.137. The van der Waals surface area contributed by atoms with Gasteiger partial charge >= 0.3 is 0 Å². The molecule has 0 bridgehead atoms. The molecule has 0 heterocycles. The van der Waals surface area contributed by atoms with Gasteiger partial charge in [0.05, 0.1) is 10.6 Å². The molecule has 0 aliphatic heterocycles. The summed E-state index contributed by atoms with van der Waals surface area (Å²) >= 11 is 0. The van der Waals surface area contributed by atoms with Crippen LogP contribution in [0.2, 0.25) is 0 Å². The lowest BCUT2D eigenvalue weighted by Gasteiger charge is -2.10. The molecule has 0 aliphatic carbocycles. The number of hydrogen-bond acceptors (Lipinski definition) is 6. The Hall–Kier alpha value is -2.42. The maximum Gasteiger partial charge on any atom is 0.272 e. The van der Waals surface area contributed by atoms with Gasteiger partial charge in [0, 0.05) is 0 Å². The summed E-state index contributed by atoms with van der Waals surface area (Å²) in [7, 11) is -3.66. The molecule has 2 aromatic rings. The zero-order chi connectivity index (χ0) is 17.6. The quantitative estimate of drug-likeness (QED) is 0.510. The van der Waals surface area contributed by atoms with Gasteiger partial charge in [0.2, 0.25) is 0 Å². The molecule has 0 radical (unpaired) electrons. The fourth-order valence-electron chi connectivity index (χ4n) is 1.93. The predicted octanol–water partition coefficient (Wildman–Crippen LogP) is 2.15. The first kappa shape index (κ1) is 20.6. The largest absolute Gasteiger partial charge is 0.457 e. The van der Waals surface area contributed by atoms with Gasteiger partial charge in [0.15, 0.2) is 9.84 Å². The number of hydrogen-bond donors (Lipinski definition) is 3. The molecule has 0 saturated carbocycles. The lowest BCUT2D eigenvalue weighted by Crippen LogP contribution is -2.33. The summed E-state index contributed by atoms with van der Waals surface area (Å²) in [6.45, 7) is 0. The van der Waals surface area contributed by atoms with Gasteiger partial charge in [-0.05, 0) is 42.8 Å². The minimum atomic E-state index is -3.66. The van der Waals surface area contributed by atoms with Crippen molar-refractivity contribution in [2.24, 2.45) is 0 Å². The van der Waals surface area contributed by atoms with Gasteiger partial charge in [-0.3, -0.25) is 10.0 Å². The molecule has 0 aliphatic rings. The minimum absolute atomic E-state index is 0. The summed E-state index contributed by atoms with van der Waals surface area (Å²) in [4.78, 5) is 11.0. The highest BCUT2D eigenvalue weighted by Crippen LogP contribution is 2.23. The van der Waals surface area contributed by atoms with Crippen molar-refractivity contribution in [2.75, 3.05) is 5.75 Å². The molecule has 0 saturated heterocycles. The molecule has 7 nitrogen and oxygen atoms in total. The van der Waals surface area contributed by atoms with Crippen LogP contribution in [0.25, 0.3) is 0 Å². The normalized spacial score (nSPS) is 11.9. The first-order chi connectivity index (χ1) is 11.4. The summed E-state index contributed by atoms with van der Waals surface area (Å²) in [5, 5.41) is 17.8. The first-order valence-corrected chi connectivity index (χ1v) is 8.75. The van der Waals surface area contributed by atoms with Crippen molar-refractivity contribution < 1.29 is 28.3 Å². The molecule has 0 fully saturated rings. The van der Waals surface area contributed by atoms with Crippen molar-refractivity contribution >= 4 is 15.7 Å². The maximum atomic E-state index is 12.2. The van der Waals surface area contributed by atoms with E-state index in [1.54, 1.807) is 12.1 Å². The summed E-state index contributed by atoms with van der Waals surface area (Å²) < 4.78 is 29.9. The molecule has 1 unspecified atom stereocenters. The van der Waals surface area contributed by atoms with Crippen LogP contribution in [-0.2, 0) is 14.6 Å². The summed E-state index contributed by atoms with van der Waals surface area (Å²) in [6, 6.07) is 14.9. The highest BCUT2D eigenvalue weighted by molar-refractivity contribution is 7.91. The third kappa shape index (κ3) is 5.86. The van der Waals surface area contributed by atoms with Crippen molar-refractivity contribution in [3.63, 3.8) is 0 Å². The van der Waals surface area contributed by atoms with Crippen LogP contribution < -0.4 is 10.2 Å². The monoisotopic (exact) mass is 367 g/mol. The Morgan fingerprint density at radius 1 is 1.04 bits per heavy atom. The third-order valence-electron chi connectivity index (χ3n) is 3.23. The van der Waals surface area contributed by atoms with E-state index in [1.165, 1.54) is 29.7 Å². The van der Waals surface area contributed by atoms with Crippen LogP contribution in [0.5, 0.6) is 11.5 Å². The number of benzene rings is 2. The van der Waals surface area contributed by atoms with Gasteiger partial charge in [0.1, 0.15) is 17.6 Å². The number of aliphatic hydroxyl groups excluding tert-OH is 1. The number of sulfone groups is 1.